The summed E-state index contributed by atoms with van der Waals surface area (Å²) in [4.78, 5) is 3.79. The van der Waals surface area contributed by atoms with Gasteiger partial charge in [0, 0.05) is 22.0 Å². The standard InChI is InChI=1S/C12H7BrClF3N2/c13-10-2-1-7(5-9(10)12(15,16)17)19-8-3-4-18-11(14)6-8/h1-6H,(H,18,19). The molecule has 0 aliphatic carbocycles. The molecule has 1 aromatic carbocycles. The number of hydrogen-bond acceptors (Lipinski definition) is 2. The molecule has 2 aromatic rings. The second-order valence-corrected chi connectivity index (χ2v) is 4.93. The Morgan fingerprint density at radius 3 is 2.42 bits per heavy atom. The minimum Gasteiger partial charge on any atom is -0.355 e. The van der Waals surface area contributed by atoms with Gasteiger partial charge in [0.05, 0.1) is 5.56 Å². The molecule has 2 nitrogen and oxygen atoms in total. The maximum atomic E-state index is 12.7. The minimum absolute atomic E-state index is 0.00156. The zero-order valence-electron chi connectivity index (χ0n) is 9.30. The van der Waals surface area contributed by atoms with Crippen molar-refractivity contribution < 1.29 is 13.2 Å². The summed E-state index contributed by atoms with van der Waals surface area (Å²) in [5.41, 5.74) is 0.144. The summed E-state index contributed by atoms with van der Waals surface area (Å²) >= 11 is 8.59. The summed E-state index contributed by atoms with van der Waals surface area (Å²) in [5, 5.41) is 3.10. The summed E-state index contributed by atoms with van der Waals surface area (Å²) in [6, 6.07) is 7.04. The van der Waals surface area contributed by atoms with Gasteiger partial charge >= 0.3 is 6.18 Å². The first kappa shape index (κ1) is 14.1. The molecule has 0 aliphatic heterocycles. The molecule has 0 saturated carbocycles. The number of nitrogens with one attached hydrogen (secondary N) is 1. The molecule has 2 rings (SSSR count). The highest BCUT2D eigenvalue weighted by Crippen LogP contribution is 2.36. The molecule has 0 atom stereocenters. The fourth-order valence-corrected chi connectivity index (χ4v) is 2.11. The van der Waals surface area contributed by atoms with Crippen molar-refractivity contribution in [2.24, 2.45) is 0 Å². The maximum absolute atomic E-state index is 12.7. The molecule has 7 heteroatoms. The number of anilines is 2. The molecule has 0 radical (unpaired) electrons. The van der Waals surface area contributed by atoms with Gasteiger partial charge in [0.2, 0.25) is 0 Å². The Bertz CT molecular complexity index is 602. The molecule has 19 heavy (non-hydrogen) atoms. The smallest absolute Gasteiger partial charge is 0.355 e. The molecule has 0 saturated heterocycles. The predicted molar refractivity (Wildman–Crippen MR) is 71.7 cm³/mol. The van der Waals surface area contributed by atoms with Crippen LogP contribution in [0.1, 0.15) is 5.56 Å². The second-order valence-electron chi connectivity index (χ2n) is 3.68. The number of nitrogens with zero attached hydrogens (tertiary/aromatic N) is 1. The Labute approximate surface area is 120 Å². The molecule has 0 aliphatic rings. The zero-order valence-corrected chi connectivity index (χ0v) is 11.6. The van der Waals surface area contributed by atoms with E-state index < -0.39 is 11.7 Å². The quantitative estimate of drug-likeness (QED) is 0.747. The van der Waals surface area contributed by atoms with Crippen LogP contribution in [0.4, 0.5) is 24.5 Å². The average molecular weight is 352 g/mol. The minimum atomic E-state index is -4.41. The maximum Gasteiger partial charge on any atom is 0.417 e. The number of rotatable bonds is 2. The molecular formula is C12H7BrClF3N2. The lowest BCUT2D eigenvalue weighted by Gasteiger charge is -2.12. The molecule has 0 spiro atoms. The van der Waals surface area contributed by atoms with E-state index in [0.29, 0.717) is 11.4 Å². The van der Waals surface area contributed by atoms with E-state index in [0.717, 1.165) is 6.07 Å². The normalized spacial score (nSPS) is 11.4. The van der Waals surface area contributed by atoms with Gasteiger partial charge in [-0.15, -0.1) is 0 Å². The summed E-state index contributed by atoms with van der Waals surface area (Å²) in [6.45, 7) is 0. The van der Waals surface area contributed by atoms with Crippen LogP contribution >= 0.6 is 27.5 Å². The summed E-state index contributed by atoms with van der Waals surface area (Å²) in [6.07, 6.45) is -2.94. The van der Waals surface area contributed by atoms with E-state index >= 15 is 0 Å². The lowest BCUT2D eigenvalue weighted by molar-refractivity contribution is -0.138. The van der Waals surface area contributed by atoms with Crippen LogP contribution in [0.25, 0.3) is 0 Å². The number of pyridine rings is 1. The van der Waals surface area contributed by atoms with Crippen molar-refractivity contribution in [1.29, 1.82) is 0 Å². The number of alkyl halides is 3. The van der Waals surface area contributed by atoms with Gasteiger partial charge in [-0.3, -0.25) is 0 Å². The average Bonchev–Trinajstić information content (AvgIpc) is 2.30. The highest BCUT2D eigenvalue weighted by Gasteiger charge is 2.33. The van der Waals surface area contributed by atoms with E-state index in [4.69, 9.17) is 11.6 Å². The summed E-state index contributed by atoms with van der Waals surface area (Å²) in [5.74, 6) is 0. The number of hydrogen-bond donors (Lipinski definition) is 1. The van der Waals surface area contributed by atoms with Crippen molar-refractivity contribution in [2.45, 2.75) is 6.18 Å². The molecule has 0 bridgehead atoms. The molecule has 1 heterocycles. The van der Waals surface area contributed by atoms with Crippen LogP contribution in [-0.4, -0.2) is 4.98 Å². The Morgan fingerprint density at radius 2 is 1.79 bits per heavy atom. The number of benzene rings is 1. The third kappa shape index (κ3) is 3.61. The third-order valence-electron chi connectivity index (χ3n) is 2.29. The van der Waals surface area contributed by atoms with Gasteiger partial charge in [0.15, 0.2) is 0 Å². The molecule has 1 N–H and O–H groups in total. The molecule has 0 fully saturated rings. The molecule has 0 amide bonds. The first-order valence-electron chi connectivity index (χ1n) is 5.11. The fraction of sp³-hybridized carbons (Fsp3) is 0.0833. The SMILES string of the molecule is FC(F)(F)c1cc(Nc2ccnc(Cl)c2)ccc1Br. The van der Waals surface area contributed by atoms with Crippen molar-refractivity contribution in [1.82, 2.24) is 4.98 Å². The van der Waals surface area contributed by atoms with E-state index in [-0.39, 0.29) is 9.63 Å². The Morgan fingerprint density at radius 1 is 1.11 bits per heavy atom. The third-order valence-corrected chi connectivity index (χ3v) is 3.19. The number of aromatic nitrogens is 1. The Balaban J connectivity index is 2.32. The topological polar surface area (TPSA) is 24.9 Å². The van der Waals surface area contributed by atoms with E-state index in [9.17, 15) is 13.2 Å². The van der Waals surface area contributed by atoms with Crippen molar-refractivity contribution in [3.05, 3.63) is 51.7 Å². The van der Waals surface area contributed by atoms with Crippen LogP contribution in [0.2, 0.25) is 5.15 Å². The lowest BCUT2D eigenvalue weighted by Crippen LogP contribution is -2.06. The monoisotopic (exact) mass is 350 g/mol. The molecular weight excluding hydrogens is 344 g/mol. The highest BCUT2D eigenvalue weighted by molar-refractivity contribution is 9.10. The summed E-state index contributed by atoms with van der Waals surface area (Å²) in [7, 11) is 0. The van der Waals surface area contributed by atoms with Gasteiger partial charge in [-0.1, -0.05) is 27.5 Å². The van der Waals surface area contributed by atoms with Crippen LogP contribution in [0.3, 0.4) is 0 Å². The molecule has 100 valence electrons. The van der Waals surface area contributed by atoms with Gasteiger partial charge < -0.3 is 5.32 Å². The molecule has 1 aromatic heterocycles. The second kappa shape index (κ2) is 5.38. The van der Waals surface area contributed by atoms with Crippen molar-refractivity contribution in [3.63, 3.8) is 0 Å². The lowest BCUT2D eigenvalue weighted by atomic mass is 10.2. The Hall–Kier alpha value is -1.27. The van der Waals surface area contributed by atoms with Gasteiger partial charge in [0.1, 0.15) is 5.15 Å². The van der Waals surface area contributed by atoms with Crippen LogP contribution in [0, 0.1) is 0 Å². The van der Waals surface area contributed by atoms with Gasteiger partial charge in [-0.05, 0) is 30.3 Å². The van der Waals surface area contributed by atoms with Crippen LogP contribution in [0.5, 0.6) is 0 Å². The van der Waals surface area contributed by atoms with Crippen molar-refractivity contribution in [2.75, 3.05) is 5.32 Å². The van der Waals surface area contributed by atoms with Gasteiger partial charge in [-0.2, -0.15) is 13.2 Å². The summed E-state index contributed by atoms with van der Waals surface area (Å²) < 4.78 is 38.2. The van der Waals surface area contributed by atoms with Crippen LogP contribution in [0.15, 0.2) is 41.0 Å². The van der Waals surface area contributed by atoms with E-state index in [2.05, 4.69) is 26.2 Å². The van der Waals surface area contributed by atoms with E-state index in [1.807, 2.05) is 0 Å². The van der Waals surface area contributed by atoms with E-state index in [1.165, 1.54) is 24.4 Å². The van der Waals surface area contributed by atoms with Crippen molar-refractivity contribution >= 4 is 38.9 Å². The van der Waals surface area contributed by atoms with E-state index in [1.54, 1.807) is 6.07 Å². The largest absolute Gasteiger partial charge is 0.417 e. The first-order valence-corrected chi connectivity index (χ1v) is 6.29. The highest BCUT2D eigenvalue weighted by atomic mass is 79.9. The predicted octanol–water partition coefficient (Wildman–Crippen LogP) is 5.26. The van der Waals surface area contributed by atoms with Crippen molar-refractivity contribution in [3.8, 4) is 0 Å². The van der Waals surface area contributed by atoms with Crippen LogP contribution in [-0.2, 0) is 6.18 Å². The zero-order chi connectivity index (χ0) is 14.0. The van der Waals surface area contributed by atoms with Gasteiger partial charge in [-0.25, -0.2) is 4.98 Å². The Kier molecular flexibility index (Phi) is 4.01. The van der Waals surface area contributed by atoms with Crippen LogP contribution < -0.4 is 5.32 Å². The number of halogens is 5. The molecule has 0 unspecified atom stereocenters. The van der Waals surface area contributed by atoms with Gasteiger partial charge in [0.25, 0.3) is 0 Å². The fourth-order valence-electron chi connectivity index (χ4n) is 1.47. The first-order chi connectivity index (χ1) is 8.86.